The Hall–Kier alpha value is -1.59. The molecule has 0 saturated carbocycles. The fourth-order valence-corrected chi connectivity index (χ4v) is 1.71. The lowest BCUT2D eigenvalue weighted by Gasteiger charge is -2.23. The Morgan fingerprint density at radius 3 is 3.06 bits per heavy atom. The monoisotopic (exact) mass is 236 g/mol. The van der Waals surface area contributed by atoms with E-state index in [0.29, 0.717) is 24.5 Å². The van der Waals surface area contributed by atoms with Crippen LogP contribution >= 0.6 is 0 Å². The molecule has 5 heteroatoms. The Balaban J connectivity index is 1.96. The van der Waals surface area contributed by atoms with Crippen LogP contribution in [0.4, 0.5) is 0 Å². The number of ether oxygens (including phenoxy) is 2. The first kappa shape index (κ1) is 11.9. The third-order valence-corrected chi connectivity index (χ3v) is 2.58. The largest absolute Gasteiger partial charge is 0.490 e. The van der Waals surface area contributed by atoms with Gasteiger partial charge in [-0.05, 0) is 12.1 Å². The summed E-state index contributed by atoms with van der Waals surface area (Å²) >= 11 is 0. The molecule has 5 nitrogen and oxygen atoms in total. The minimum atomic E-state index is -0.483. The maximum Gasteiger partial charge on any atom is 0.252 e. The maximum atomic E-state index is 11.2. The van der Waals surface area contributed by atoms with E-state index in [1.165, 1.54) is 0 Å². The molecule has 0 aliphatic carbocycles. The fourth-order valence-electron chi connectivity index (χ4n) is 1.71. The number of nitrogens with one attached hydrogen (secondary N) is 1. The quantitative estimate of drug-likeness (QED) is 0.780. The second-order valence-electron chi connectivity index (χ2n) is 3.87. The van der Waals surface area contributed by atoms with Crippen LogP contribution in [0, 0.1) is 0 Å². The third-order valence-electron chi connectivity index (χ3n) is 2.58. The summed E-state index contributed by atoms with van der Waals surface area (Å²) in [5.41, 5.74) is 5.66. The Morgan fingerprint density at radius 1 is 1.53 bits per heavy atom. The number of benzene rings is 1. The highest BCUT2D eigenvalue weighted by atomic mass is 16.5. The van der Waals surface area contributed by atoms with Gasteiger partial charge in [0.2, 0.25) is 0 Å². The first-order chi connectivity index (χ1) is 8.27. The first-order valence-corrected chi connectivity index (χ1v) is 5.61. The third kappa shape index (κ3) is 3.18. The van der Waals surface area contributed by atoms with Crippen LogP contribution in [0.15, 0.2) is 24.3 Å². The zero-order valence-corrected chi connectivity index (χ0v) is 9.52. The average molecular weight is 236 g/mol. The number of primary amides is 1. The standard InChI is InChI=1S/C12H16N2O3/c13-12(15)10-3-1-2-4-11(10)17-8-9-7-14-5-6-16-9/h1-4,9,14H,5-8H2,(H2,13,15). The molecule has 0 bridgehead atoms. The Kier molecular flexibility index (Phi) is 3.95. The number of nitrogens with two attached hydrogens (primary N) is 1. The molecule has 1 unspecified atom stereocenters. The van der Waals surface area contributed by atoms with Crippen molar-refractivity contribution in [1.82, 2.24) is 5.32 Å². The Morgan fingerprint density at radius 2 is 2.35 bits per heavy atom. The van der Waals surface area contributed by atoms with Gasteiger partial charge in [-0.1, -0.05) is 12.1 Å². The van der Waals surface area contributed by atoms with E-state index in [1.807, 2.05) is 6.07 Å². The van der Waals surface area contributed by atoms with Crippen molar-refractivity contribution in [2.24, 2.45) is 5.73 Å². The normalized spacial score (nSPS) is 19.9. The topological polar surface area (TPSA) is 73.6 Å². The van der Waals surface area contributed by atoms with Crippen LogP contribution in [-0.2, 0) is 4.74 Å². The molecular weight excluding hydrogens is 220 g/mol. The minimum absolute atomic E-state index is 0.0182. The molecule has 2 rings (SSSR count). The number of para-hydroxylation sites is 1. The lowest BCUT2D eigenvalue weighted by Crippen LogP contribution is -2.41. The number of morpholine rings is 1. The van der Waals surface area contributed by atoms with Crippen molar-refractivity contribution in [2.45, 2.75) is 6.10 Å². The van der Waals surface area contributed by atoms with E-state index in [0.717, 1.165) is 13.1 Å². The molecule has 0 aromatic heterocycles. The molecule has 1 aromatic rings. The van der Waals surface area contributed by atoms with E-state index in [-0.39, 0.29) is 6.10 Å². The van der Waals surface area contributed by atoms with Crippen molar-refractivity contribution >= 4 is 5.91 Å². The lowest BCUT2D eigenvalue weighted by molar-refractivity contribution is 0.0000383. The number of carbonyl (C=O) groups is 1. The number of carbonyl (C=O) groups excluding carboxylic acids is 1. The zero-order valence-electron chi connectivity index (χ0n) is 9.52. The number of rotatable bonds is 4. The second-order valence-corrected chi connectivity index (χ2v) is 3.87. The predicted molar refractivity (Wildman–Crippen MR) is 63.1 cm³/mol. The van der Waals surface area contributed by atoms with Crippen LogP contribution in [0.25, 0.3) is 0 Å². The molecule has 3 N–H and O–H groups in total. The van der Waals surface area contributed by atoms with Crippen LogP contribution in [0.3, 0.4) is 0 Å². The lowest BCUT2D eigenvalue weighted by atomic mass is 10.2. The van der Waals surface area contributed by atoms with E-state index in [2.05, 4.69) is 5.32 Å². The average Bonchev–Trinajstić information content (AvgIpc) is 2.38. The van der Waals surface area contributed by atoms with E-state index in [4.69, 9.17) is 15.2 Å². The van der Waals surface area contributed by atoms with Crippen LogP contribution in [-0.4, -0.2) is 38.3 Å². The van der Waals surface area contributed by atoms with E-state index < -0.39 is 5.91 Å². The summed E-state index contributed by atoms with van der Waals surface area (Å²) in [4.78, 5) is 11.2. The van der Waals surface area contributed by atoms with Gasteiger partial charge in [0.25, 0.3) is 5.91 Å². The molecule has 17 heavy (non-hydrogen) atoms. The molecule has 0 spiro atoms. The van der Waals surface area contributed by atoms with Gasteiger partial charge in [-0.25, -0.2) is 0 Å². The second kappa shape index (κ2) is 5.65. The van der Waals surface area contributed by atoms with Gasteiger partial charge in [0.1, 0.15) is 18.5 Å². The van der Waals surface area contributed by atoms with Gasteiger partial charge in [0, 0.05) is 13.1 Å². The van der Waals surface area contributed by atoms with Gasteiger partial charge < -0.3 is 20.5 Å². The summed E-state index contributed by atoms with van der Waals surface area (Å²) in [6, 6.07) is 6.95. The highest BCUT2D eigenvalue weighted by Gasteiger charge is 2.15. The number of amides is 1. The molecule has 1 amide bonds. The van der Waals surface area contributed by atoms with Crippen LogP contribution < -0.4 is 15.8 Å². The van der Waals surface area contributed by atoms with Crippen molar-refractivity contribution in [3.63, 3.8) is 0 Å². The molecule has 1 heterocycles. The molecule has 1 aromatic carbocycles. The van der Waals surface area contributed by atoms with Crippen molar-refractivity contribution in [2.75, 3.05) is 26.3 Å². The SMILES string of the molecule is NC(=O)c1ccccc1OCC1CNCCO1. The summed E-state index contributed by atoms with van der Waals surface area (Å²) in [6.07, 6.45) is 0.0182. The van der Waals surface area contributed by atoms with Gasteiger partial charge in [0.15, 0.2) is 0 Å². The van der Waals surface area contributed by atoms with Gasteiger partial charge in [-0.2, -0.15) is 0 Å². The van der Waals surface area contributed by atoms with E-state index in [9.17, 15) is 4.79 Å². The molecule has 1 saturated heterocycles. The number of hydrogen-bond donors (Lipinski definition) is 2. The summed E-state index contributed by atoms with van der Waals surface area (Å²) in [5.74, 6) is 0.0254. The zero-order chi connectivity index (χ0) is 12.1. The van der Waals surface area contributed by atoms with Crippen LogP contribution in [0.5, 0.6) is 5.75 Å². The molecule has 1 fully saturated rings. The Labute approximate surface area is 99.9 Å². The predicted octanol–water partition coefficient (Wildman–Crippen LogP) is 0.153. The number of hydrogen-bond acceptors (Lipinski definition) is 4. The van der Waals surface area contributed by atoms with Crippen molar-refractivity contribution < 1.29 is 14.3 Å². The molecular formula is C12H16N2O3. The van der Waals surface area contributed by atoms with E-state index in [1.54, 1.807) is 18.2 Å². The maximum absolute atomic E-state index is 11.2. The van der Waals surface area contributed by atoms with Gasteiger partial charge in [-0.3, -0.25) is 4.79 Å². The van der Waals surface area contributed by atoms with Crippen molar-refractivity contribution in [1.29, 1.82) is 0 Å². The van der Waals surface area contributed by atoms with E-state index >= 15 is 0 Å². The molecule has 0 radical (unpaired) electrons. The minimum Gasteiger partial charge on any atom is -0.490 e. The van der Waals surface area contributed by atoms with Crippen LogP contribution in [0.1, 0.15) is 10.4 Å². The van der Waals surface area contributed by atoms with Gasteiger partial charge in [-0.15, -0.1) is 0 Å². The van der Waals surface area contributed by atoms with Crippen molar-refractivity contribution in [3.05, 3.63) is 29.8 Å². The highest BCUT2D eigenvalue weighted by Crippen LogP contribution is 2.17. The van der Waals surface area contributed by atoms with Crippen molar-refractivity contribution in [3.8, 4) is 5.75 Å². The first-order valence-electron chi connectivity index (χ1n) is 5.61. The fraction of sp³-hybridized carbons (Fsp3) is 0.417. The smallest absolute Gasteiger partial charge is 0.252 e. The van der Waals surface area contributed by atoms with Gasteiger partial charge >= 0.3 is 0 Å². The molecule has 92 valence electrons. The highest BCUT2D eigenvalue weighted by molar-refractivity contribution is 5.95. The van der Waals surface area contributed by atoms with Crippen LogP contribution in [0.2, 0.25) is 0 Å². The summed E-state index contributed by atoms with van der Waals surface area (Å²) in [6.45, 7) is 2.73. The Bertz CT molecular complexity index is 389. The molecule has 1 aliphatic heterocycles. The molecule has 1 atom stereocenters. The summed E-state index contributed by atoms with van der Waals surface area (Å²) < 4.78 is 11.1. The summed E-state index contributed by atoms with van der Waals surface area (Å²) in [7, 11) is 0. The van der Waals surface area contributed by atoms with Gasteiger partial charge in [0.05, 0.1) is 12.2 Å². The molecule has 1 aliphatic rings. The summed E-state index contributed by atoms with van der Waals surface area (Å²) in [5, 5.41) is 3.21.